The van der Waals surface area contributed by atoms with Crippen LogP contribution in [0.1, 0.15) is 28.8 Å². The molecule has 0 saturated heterocycles. The summed E-state index contributed by atoms with van der Waals surface area (Å²) >= 11 is 6.31. The molecule has 4 aromatic heterocycles. The molecule has 39 heavy (non-hydrogen) atoms. The van der Waals surface area contributed by atoms with Crippen LogP contribution in [0, 0.1) is 5.92 Å². The fraction of sp³-hybridized carbons (Fsp3) is 0.296. The molecule has 0 radical (unpaired) electrons. The molecule has 12 heteroatoms. The molecule has 200 valence electrons. The van der Waals surface area contributed by atoms with Crippen LogP contribution >= 0.6 is 11.6 Å². The highest BCUT2D eigenvalue weighted by Gasteiger charge is 2.28. The molecule has 5 aromatic rings. The monoisotopic (exact) mass is 547 g/mol. The van der Waals surface area contributed by atoms with E-state index in [4.69, 9.17) is 21.5 Å². The summed E-state index contributed by atoms with van der Waals surface area (Å²) in [5.74, 6) is -0.0503. The van der Waals surface area contributed by atoms with Crippen molar-refractivity contribution in [3.63, 3.8) is 0 Å². The number of aryl methyl sites for hydroxylation is 1. The molecule has 1 N–H and O–H groups in total. The summed E-state index contributed by atoms with van der Waals surface area (Å²) in [6.07, 6.45) is 5.43. The standard InChI is InChI=1S/C27H26ClN7O4/c1-32-13-17(25(36)31-39-3)10-21(32)23-22-24(34(12-15-4-5-15)27(38)33(2)26(22)37)30-35(23)14-16-8-9-29-20-7-6-18(28)11-19(16)20/h6-11,13,15H,4-5,12,14H2,1-3H3,(H,31,36). The van der Waals surface area contributed by atoms with E-state index in [1.807, 2.05) is 18.2 Å². The minimum Gasteiger partial charge on any atom is -0.348 e. The van der Waals surface area contributed by atoms with Gasteiger partial charge in [0.1, 0.15) is 11.1 Å². The highest BCUT2D eigenvalue weighted by molar-refractivity contribution is 6.31. The van der Waals surface area contributed by atoms with Gasteiger partial charge in [-0.15, -0.1) is 0 Å². The maximum atomic E-state index is 13.6. The Kier molecular flexibility index (Phi) is 6.12. The molecular formula is C27H26ClN7O4. The third-order valence-electron chi connectivity index (χ3n) is 7.18. The van der Waals surface area contributed by atoms with E-state index in [0.717, 1.165) is 33.9 Å². The first kappa shape index (κ1) is 25.1. The summed E-state index contributed by atoms with van der Waals surface area (Å²) in [4.78, 5) is 48.6. The quantitative estimate of drug-likeness (QED) is 0.313. The van der Waals surface area contributed by atoms with Gasteiger partial charge < -0.3 is 4.57 Å². The maximum absolute atomic E-state index is 13.6. The van der Waals surface area contributed by atoms with Crippen LogP contribution in [-0.4, -0.2) is 41.5 Å². The van der Waals surface area contributed by atoms with Crippen LogP contribution in [0.2, 0.25) is 5.02 Å². The van der Waals surface area contributed by atoms with E-state index in [2.05, 4.69) is 10.5 Å². The highest BCUT2D eigenvalue weighted by Crippen LogP contribution is 2.33. The molecule has 0 atom stereocenters. The number of nitrogens with zero attached hydrogens (tertiary/aromatic N) is 6. The number of nitrogens with one attached hydrogen (secondary N) is 1. The number of hydrogen-bond donors (Lipinski definition) is 1. The first-order chi connectivity index (χ1) is 18.8. The molecule has 1 aliphatic carbocycles. The summed E-state index contributed by atoms with van der Waals surface area (Å²) < 4.78 is 6.20. The Hall–Kier alpha value is -4.22. The molecule has 1 aliphatic rings. The Balaban J connectivity index is 1.64. The van der Waals surface area contributed by atoms with Gasteiger partial charge in [0, 0.05) is 43.4 Å². The van der Waals surface area contributed by atoms with E-state index in [1.165, 1.54) is 14.2 Å². The van der Waals surface area contributed by atoms with Crippen molar-refractivity contribution >= 4 is 39.4 Å². The highest BCUT2D eigenvalue weighted by atomic mass is 35.5. The molecule has 4 heterocycles. The summed E-state index contributed by atoms with van der Waals surface area (Å²) in [5, 5.41) is 6.60. The van der Waals surface area contributed by atoms with Crippen molar-refractivity contribution in [2.45, 2.75) is 25.9 Å². The van der Waals surface area contributed by atoms with Gasteiger partial charge in [-0.1, -0.05) is 11.6 Å². The van der Waals surface area contributed by atoms with E-state index in [1.54, 1.807) is 45.4 Å². The van der Waals surface area contributed by atoms with Gasteiger partial charge in [-0.05, 0) is 54.7 Å². The van der Waals surface area contributed by atoms with Crippen LogP contribution in [0.25, 0.3) is 33.3 Å². The first-order valence-electron chi connectivity index (χ1n) is 12.5. The fourth-order valence-corrected chi connectivity index (χ4v) is 5.18. The van der Waals surface area contributed by atoms with Crippen LogP contribution < -0.4 is 16.7 Å². The Morgan fingerprint density at radius 1 is 1.18 bits per heavy atom. The number of pyridine rings is 1. The summed E-state index contributed by atoms with van der Waals surface area (Å²) in [6.45, 7) is 0.761. The normalized spacial score (nSPS) is 13.4. The van der Waals surface area contributed by atoms with E-state index in [0.29, 0.717) is 45.5 Å². The number of carbonyl (C=O) groups is 1. The molecule has 6 rings (SSSR count). The smallest absolute Gasteiger partial charge is 0.332 e. The number of rotatable bonds is 7. The molecule has 0 spiro atoms. The van der Waals surface area contributed by atoms with Gasteiger partial charge in [0.25, 0.3) is 11.5 Å². The number of amides is 1. The largest absolute Gasteiger partial charge is 0.348 e. The molecule has 0 aliphatic heterocycles. The van der Waals surface area contributed by atoms with Crippen molar-refractivity contribution in [2.24, 2.45) is 20.0 Å². The Morgan fingerprint density at radius 2 is 1.97 bits per heavy atom. The number of fused-ring (bicyclic) bond motifs is 2. The van der Waals surface area contributed by atoms with Crippen LogP contribution in [0.3, 0.4) is 0 Å². The van der Waals surface area contributed by atoms with E-state index in [9.17, 15) is 14.4 Å². The molecule has 1 saturated carbocycles. The topological polar surface area (TPSA) is 118 Å². The van der Waals surface area contributed by atoms with Crippen molar-refractivity contribution in [1.29, 1.82) is 0 Å². The van der Waals surface area contributed by atoms with E-state index in [-0.39, 0.29) is 6.54 Å². The third kappa shape index (κ3) is 4.33. The molecule has 1 amide bonds. The molecule has 0 unspecified atom stereocenters. The predicted molar refractivity (Wildman–Crippen MR) is 147 cm³/mol. The van der Waals surface area contributed by atoms with Gasteiger partial charge in [0.05, 0.1) is 30.4 Å². The third-order valence-corrected chi connectivity index (χ3v) is 7.42. The fourth-order valence-electron chi connectivity index (χ4n) is 5.01. The second-order valence-electron chi connectivity index (χ2n) is 9.90. The zero-order valence-corrected chi connectivity index (χ0v) is 22.4. The van der Waals surface area contributed by atoms with E-state index >= 15 is 0 Å². The summed E-state index contributed by atoms with van der Waals surface area (Å²) in [6, 6.07) is 9.04. The zero-order chi connectivity index (χ0) is 27.4. The van der Waals surface area contributed by atoms with E-state index < -0.39 is 17.2 Å². The lowest BCUT2D eigenvalue weighted by atomic mass is 10.1. The molecular weight excluding hydrogens is 522 g/mol. The Bertz CT molecular complexity index is 1890. The molecule has 1 fully saturated rings. The van der Waals surface area contributed by atoms with Crippen molar-refractivity contribution in [2.75, 3.05) is 7.11 Å². The summed E-state index contributed by atoms with van der Waals surface area (Å²) in [5.41, 5.74) is 4.89. The second kappa shape index (κ2) is 9.51. The van der Waals surface area contributed by atoms with Gasteiger partial charge in [-0.3, -0.25) is 33.2 Å². The number of halogens is 1. The molecule has 11 nitrogen and oxygen atoms in total. The number of benzene rings is 1. The number of hydrogen-bond acceptors (Lipinski definition) is 6. The van der Waals surface area contributed by atoms with Crippen LogP contribution in [0.15, 0.2) is 52.3 Å². The minimum absolute atomic E-state index is 0.273. The minimum atomic E-state index is -0.449. The van der Waals surface area contributed by atoms with Gasteiger partial charge >= 0.3 is 5.69 Å². The van der Waals surface area contributed by atoms with Crippen LogP contribution in [-0.2, 0) is 32.0 Å². The Morgan fingerprint density at radius 3 is 2.72 bits per heavy atom. The van der Waals surface area contributed by atoms with Crippen LogP contribution in [0.4, 0.5) is 0 Å². The average Bonchev–Trinajstić information content (AvgIpc) is 3.55. The Labute approximate surface area is 227 Å². The lowest BCUT2D eigenvalue weighted by Crippen LogP contribution is -2.38. The number of carbonyl (C=O) groups excluding carboxylic acids is 1. The number of hydroxylamine groups is 1. The molecule has 1 aromatic carbocycles. The summed E-state index contributed by atoms with van der Waals surface area (Å²) in [7, 11) is 4.63. The van der Waals surface area contributed by atoms with Gasteiger partial charge in [0.2, 0.25) is 0 Å². The first-order valence-corrected chi connectivity index (χ1v) is 12.9. The number of aromatic nitrogens is 6. The maximum Gasteiger partial charge on any atom is 0.332 e. The van der Waals surface area contributed by atoms with Gasteiger partial charge in [-0.25, -0.2) is 10.3 Å². The lowest BCUT2D eigenvalue weighted by molar-refractivity contribution is 0.0537. The SMILES string of the molecule is CONC(=O)c1cc(-c2c3c(=O)n(C)c(=O)n(CC4CC4)c3nn2Cc2ccnc3ccc(Cl)cc23)n(C)c1. The predicted octanol–water partition coefficient (Wildman–Crippen LogP) is 2.85. The van der Waals surface area contributed by atoms with Crippen molar-refractivity contribution < 1.29 is 9.63 Å². The van der Waals surface area contributed by atoms with Crippen molar-refractivity contribution in [1.82, 2.24) is 33.9 Å². The van der Waals surface area contributed by atoms with Gasteiger partial charge in [-0.2, -0.15) is 5.10 Å². The lowest BCUT2D eigenvalue weighted by Gasteiger charge is -2.11. The average molecular weight is 548 g/mol. The van der Waals surface area contributed by atoms with Gasteiger partial charge in [0.15, 0.2) is 5.65 Å². The van der Waals surface area contributed by atoms with Crippen molar-refractivity contribution in [3.8, 4) is 11.4 Å². The zero-order valence-electron chi connectivity index (χ0n) is 21.6. The molecule has 0 bridgehead atoms. The van der Waals surface area contributed by atoms with Crippen LogP contribution in [0.5, 0.6) is 0 Å². The second-order valence-corrected chi connectivity index (χ2v) is 10.3. The van der Waals surface area contributed by atoms with Crippen molar-refractivity contribution in [3.05, 3.63) is 79.7 Å².